The highest BCUT2D eigenvalue weighted by molar-refractivity contribution is 6.62. The fourth-order valence-electron chi connectivity index (χ4n) is 3.04. The van der Waals surface area contributed by atoms with Gasteiger partial charge in [-0.1, -0.05) is 36.4 Å². The lowest BCUT2D eigenvalue weighted by Crippen LogP contribution is -2.41. The number of nitrogens with two attached hydrogens (primary N) is 2. The summed E-state index contributed by atoms with van der Waals surface area (Å²) in [5.74, 6) is 6.03. The zero-order valence-corrected chi connectivity index (χ0v) is 17.7. The van der Waals surface area contributed by atoms with Gasteiger partial charge in [-0.25, -0.2) is 5.84 Å². The van der Waals surface area contributed by atoms with Gasteiger partial charge in [0.1, 0.15) is 0 Å². The Morgan fingerprint density at radius 3 is 2.10 bits per heavy atom. The van der Waals surface area contributed by atoms with Gasteiger partial charge in [-0.3, -0.25) is 10.1 Å². The Morgan fingerprint density at radius 1 is 1.07 bits per heavy atom. The number of nitro benzene ring substituents is 1. The monoisotopic (exact) mass is 410 g/mol. The first-order chi connectivity index (χ1) is 14.0. The van der Waals surface area contributed by atoms with E-state index in [0.29, 0.717) is 12.2 Å². The summed E-state index contributed by atoms with van der Waals surface area (Å²) in [6.07, 6.45) is 1.63. The van der Waals surface area contributed by atoms with Gasteiger partial charge < -0.3 is 20.1 Å². The molecule has 158 valence electrons. The molecular weight excluding hydrogens is 383 g/mol. The van der Waals surface area contributed by atoms with Gasteiger partial charge in [0.05, 0.1) is 28.4 Å². The molecule has 1 fully saturated rings. The van der Waals surface area contributed by atoms with Crippen molar-refractivity contribution in [2.45, 2.75) is 45.4 Å². The minimum absolute atomic E-state index is 0.0412. The van der Waals surface area contributed by atoms with Crippen LogP contribution < -0.4 is 17.0 Å². The topological polar surface area (TPSA) is 117 Å². The van der Waals surface area contributed by atoms with Crippen molar-refractivity contribution in [1.82, 2.24) is 5.01 Å². The number of rotatable bonds is 6. The predicted octanol–water partition coefficient (Wildman–Crippen LogP) is 2.53. The molecule has 2 aromatic rings. The smallest absolute Gasteiger partial charge is 0.399 e. The Morgan fingerprint density at radius 2 is 1.60 bits per heavy atom. The second-order valence-corrected chi connectivity index (χ2v) is 8.39. The van der Waals surface area contributed by atoms with Crippen LogP contribution in [0.4, 0.5) is 5.69 Å². The summed E-state index contributed by atoms with van der Waals surface area (Å²) in [5, 5.41) is 12.2. The van der Waals surface area contributed by atoms with Crippen LogP contribution in [-0.4, -0.2) is 28.3 Å². The van der Waals surface area contributed by atoms with Crippen LogP contribution >= 0.6 is 0 Å². The van der Waals surface area contributed by atoms with Crippen molar-refractivity contribution in [3.63, 3.8) is 0 Å². The number of hydrogen-bond donors (Lipinski definition) is 2. The first kappa shape index (κ1) is 21.8. The van der Waals surface area contributed by atoms with E-state index in [0.717, 1.165) is 16.6 Å². The summed E-state index contributed by atoms with van der Waals surface area (Å²) >= 11 is 0. The lowest BCUT2D eigenvalue weighted by Gasteiger charge is -2.32. The molecule has 1 aliphatic rings. The van der Waals surface area contributed by atoms with Crippen LogP contribution in [0, 0.1) is 10.1 Å². The summed E-state index contributed by atoms with van der Waals surface area (Å²) in [5.41, 5.74) is 8.51. The van der Waals surface area contributed by atoms with Gasteiger partial charge in [0.15, 0.2) is 0 Å². The first-order valence-electron chi connectivity index (χ1n) is 9.66. The molecule has 0 amide bonds. The molecule has 2 aromatic carbocycles. The minimum atomic E-state index is -0.435. The molecule has 0 unspecified atom stereocenters. The summed E-state index contributed by atoms with van der Waals surface area (Å²) in [6, 6.07) is 13.9. The van der Waals surface area contributed by atoms with E-state index in [9.17, 15) is 10.1 Å². The van der Waals surface area contributed by atoms with Gasteiger partial charge in [-0.2, -0.15) is 0 Å². The van der Waals surface area contributed by atoms with Crippen molar-refractivity contribution in [3.8, 4) is 0 Å². The summed E-state index contributed by atoms with van der Waals surface area (Å²) in [4.78, 5) is 10.3. The Hall–Kier alpha value is -2.88. The molecule has 0 aliphatic carbocycles. The van der Waals surface area contributed by atoms with Gasteiger partial charge in [-0.15, -0.1) is 0 Å². The molecule has 0 radical (unpaired) electrons. The third kappa shape index (κ3) is 4.64. The highest BCUT2D eigenvalue weighted by Gasteiger charge is 2.51. The number of hydrazine groups is 1. The normalized spacial score (nSPS) is 17.8. The van der Waals surface area contributed by atoms with Gasteiger partial charge >= 0.3 is 7.12 Å². The van der Waals surface area contributed by atoms with Crippen molar-refractivity contribution in [3.05, 3.63) is 76.0 Å². The van der Waals surface area contributed by atoms with E-state index < -0.39 is 23.2 Å². The summed E-state index contributed by atoms with van der Waals surface area (Å²) < 4.78 is 12.1. The van der Waals surface area contributed by atoms with E-state index in [1.165, 1.54) is 17.1 Å². The third-order valence-corrected chi connectivity index (χ3v) is 5.59. The SMILES string of the molecule is CC1(C)OB(c2ccc(/C(N)=C/N(N)Cc3ccc([N+](=O)[O-])cc3)cc2)OC1(C)C. The maximum atomic E-state index is 10.7. The lowest BCUT2D eigenvalue weighted by atomic mass is 9.79. The second kappa shape index (κ2) is 8.10. The molecule has 0 bridgehead atoms. The zero-order valence-electron chi connectivity index (χ0n) is 17.7. The number of nitro groups is 1. The van der Waals surface area contributed by atoms with E-state index in [-0.39, 0.29) is 5.69 Å². The maximum Gasteiger partial charge on any atom is 0.494 e. The zero-order chi connectivity index (χ0) is 22.1. The van der Waals surface area contributed by atoms with Crippen LogP contribution in [0.1, 0.15) is 38.8 Å². The first-order valence-corrected chi connectivity index (χ1v) is 9.66. The van der Waals surface area contributed by atoms with E-state index in [1.54, 1.807) is 18.3 Å². The van der Waals surface area contributed by atoms with Crippen molar-refractivity contribution in [2.75, 3.05) is 0 Å². The standard InChI is InChI=1S/C21H27BN4O4/c1-20(2)21(3,4)30-22(29-20)17-9-7-16(8-10-17)19(23)14-25(24)13-15-5-11-18(12-6-15)26(27)28/h5-12,14H,13,23-24H2,1-4H3/b19-14-. The lowest BCUT2D eigenvalue weighted by molar-refractivity contribution is -0.384. The van der Waals surface area contributed by atoms with Crippen molar-refractivity contribution < 1.29 is 14.2 Å². The molecule has 1 aliphatic heterocycles. The fraction of sp³-hybridized carbons (Fsp3) is 0.333. The van der Waals surface area contributed by atoms with Crippen LogP contribution in [-0.2, 0) is 15.9 Å². The van der Waals surface area contributed by atoms with Crippen LogP contribution in [0.2, 0.25) is 0 Å². The number of hydrogen-bond acceptors (Lipinski definition) is 7. The van der Waals surface area contributed by atoms with E-state index >= 15 is 0 Å². The van der Waals surface area contributed by atoms with Crippen LogP contribution in [0.15, 0.2) is 54.7 Å². The molecule has 30 heavy (non-hydrogen) atoms. The van der Waals surface area contributed by atoms with Gasteiger partial charge in [-0.05, 0) is 44.3 Å². The Kier molecular flexibility index (Phi) is 5.89. The highest BCUT2D eigenvalue weighted by atomic mass is 16.7. The second-order valence-electron chi connectivity index (χ2n) is 8.39. The average molecular weight is 410 g/mol. The average Bonchev–Trinajstić information content (AvgIpc) is 2.89. The molecule has 1 saturated heterocycles. The van der Waals surface area contributed by atoms with Gasteiger partial charge in [0.2, 0.25) is 0 Å². The largest absolute Gasteiger partial charge is 0.494 e. The molecule has 9 heteroatoms. The Balaban J connectivity index is 1.65. The van der Waals surface area contributed by atoms with Crippen LogP contribution in [0.5, 0.6) is 0 Å². The molecule has 4 N–H and O–H groups in total. The van der Waals surface area contributed by atoms with E-state index in [1.807, 2.05) is 52.0 Å². The van der Waals surface area contributed by atoms with Gasteiger partial charge in [0, 0.05) is 18.3 Å². The Labute approximate surface area is 176 Å². The summed E-state index contributed by atoms with van der Waals surface area (Å²) in [6.45, 7) is 8.43. The predicted molar refractivity (Wildman–Crippen MR) is 117 cm³/mol. The molecule has 0 spiro atoms. The molecule has 8 nitrogen and oxygen atoms in total. The van der Waals surface area contributed by atoms with Crippen molar-refractivity contribution in [2.24, 2.45) is 11.6 Å². The number of non-ortho nitro benzene ring substituents is 1. The van der Waals surface area contributed by atoms with E-state index in [2.05, 4.69) is 0 Å². The molecule has 1 heterocycles. The molecule has 0 atom stereocenters. The molecular formula is C21H27BN4O4. The number of benzene rings is 2. The molecule has 0 saturated carbocycles. The van der Waals surface area contributed by atoms with Crippen LogP contribution in [0.3, 0.4) is 0 Å². The van der Waals surface area contributed by atoms with Gasteiger partial charge in [0.25, 0.3) is 5.69 Å². The third-order valence-electron chi connectivity index (χ3n) is 5.59. The minimum Gasteiger partial charge on any atom is -0.399 e. The maximum absolute atomic E-state index is 10.7. The fourth-order valence-corrected chi connectivity index (χ4v) is 3.04. The highest BCUT2D eigenvalue weighted by Crippen LogP contribution is 2.36. The molecule has 3 rings (SSSR count). The Bertz CT molecular complexity index is 926. The summed E-state index contributed by atoms with van der Waals surface area (Å²) in [7, 11) is -0.428. The van der Waals surface area contributed by atoms with E-state index in [4.69, 9.17) is 20.9 Å². The van der Waals surface area contributed by atoms with Crippen molar-refractivity contribution in [1.29, 1.82) is 0 Å². The quantitative estimate of drug-likeness (QED) is 0.325. The molecule has 0 aromatic heterocycles. The van der Waals surface area contributed by atoms with Crippen molar-refractivity contribution >= 4 is 24.0 Å². The van der Waals surface area contributed by atoms with Crippen LogP contribution in [0.25, 0.3) is 5.70 Å². The number of nitrogens with zero attached hydrogens (tertiary/aromatic N) is 2.